The Morgan fingerprint density at radius 1 is 1.13 bits per heavy atom. The third kappa shape index (κ3) is 5.50. The molecule has 0 saturated heterocycles. The van der Waals surface area contributed by atoms with E-state index in [1.165, 1.54) is 19.2 Å². The number of carbonyl (C=O) groups is 1. The van der Waals surface area contributed by atoms with Gasteiger partial charge in [0.2, 0.25) is 0 Å². The molecular weight excluding hydrogens is 446 g/mol. The maximum absolute atomic E-state index is 12.5. The highest BCUT2D eigenvalue weighted by Crippen LogP contribution is 2.25. The molecule has 0 aliphatic heterocycles. The van der Waals surface area contributed by atoms with Crippen LogP contribution in [0.2, 0.25) is 5.02 Å². The SMILES string of the molecule is COc1ccc(S(=O)(=O)Nc2nc(C)c(C(=O)NCCc3ccc(Cl)cc3)s2)cc1. The van der Waals surface area contributed by atoms with Crippen LogP contribution in [0.3, 0.4) is 0 Å². The number of sulfonamides is 1. The zero-order chi connectivity index (χ0) is 21.7. The lowest BCUT2D eigenvalue weighted by atomic mass is 10.1. The van der Waals surface area contributed by atoms with E-state index >= 15 is 0 Å². The summed E-state index contributed by atoms with van der Waals surface area (Å²) in [6, 6.07) is 13.4. The number of aryl methyl sites for hydroxylation is 1. The van der Waals surface area contributed by atoms with Gasteiger partial charge in [0, 0.05) is 11.6 Å². The van der Waals surface area contributed by atoms with Gasteiger partial charge in [0.1, 0.15) is 10.6 Å². The lowest BCUT2D eigenvalue weighted by Crippen LogP contribution is -2.25. The van der Waals surface area contributed by atoms with Crippen molar-refractivity contribution in [3.05, 3.63) is 69.7 Å². The Hall–Kier alpha value is -2.62. The zero-order valence-electron chi connectivity index (χ0n) is 16.3. The van der Waals surface area contributed by atoms with Crippen molar-refractivity contribution in [1.82, 2.24) is 10.3 Å². The van der Waals surface area contributed by atoms with Crippen molar-refractivity contribution in [2.75, 3.05) is 18.4 Å². The molecule has 158 valence electrons. The number of hydrogen-bond donors (Lipinski definition) is 2. The smallest absolute Gasteiger partial charge is 0.263 e. The summed E-state index contributed by atoms with van der Waals surface area (Å²) in [5.41, 5.74) is 1.50. The summed E-state index contributed by atoms with van der Waals surface area (Å²) in [4.78, 5) is 17.1. The molecule has 0 fully saturated rings. The number of rotatable bonds is 8. The van der Waals surface area contributed by atoms with Crippen molar-refractivity contribution in [3.8, 4) is 5.75 Å². The number of nitrogens with zero attached hydrogens (tertiary/aromatic N) is 1. The Morgan fingerprint density at radius 3 is 2.43 bits per heavy atom. The highest BCUT2D eigenvalue weighted by Gasteiger charge is 2.20. The first-order valence-corrected chi connectivity index (χ1v) is 11.6. The van der Waals surface area contributed by atoms with E-state index in [9.17, 15) is 13.2 Å². The molecule has 0 radical (unpaired) electrons. The third-order valence-electron chi connectivity index (χ3n) is 4.21. The second-order valence-electron chi connectivity index (χ2n) is 6.35. The van der Waals surface area contributed by atoms with E-state index in [-0.39, 0.29) is 15.9 Å². The molecule has 7 nitrogen and oxygen atoms in total. The summed E-state index contributed by atoms with van der Waals surface area (Å²) >= 11 is 6.85. The predicted octanol–water partition coefficient (Wildman–Crippen LogP) is 3.89. The summed E-state index contributed by atoms with van der Waals surface area (Å²) in [7, 11) is -2.32. The van der Waals surface area contributed by atoms with Crippen molar-refractivity contribution in [2.45, 2.75) is 18.2 Å². The first-order valence-electron chi connectivity index (χ1n) is 8.95. The van der Waals surface area contributed by atoms with E-state index in [0.717, 1.165) is 16.9 Å². The van der Waals surface area contributed by atoms with Crippen molar-refractivity contribution >= 4 is 44.0 Å². The van der Waals surface area contributed by atoms with Crippen LogP contribution in [0.15, 0.2) is 53.4 Å². The van der Waals surface area contributed by atoms with Gasteiger partial charge in [-0.2, -0.15) is 0 Å². The maximum Gasteiger partial charge on any atom is 0.263 e. The standard InChI is InChI=1S/C20H20ClN3O4S2/c1-13-18(19(25)22-12-11-14-3-5-15(21)6-4-14)29-20(23-13)24-30(26,27)17-9-7-16(28-2)8-10-17/h3-10H,11-12H2,1-2H3,(H,22,25)(H,23,24). The number of hydrogen-bond acceptors (Lipinski definition) is 6. The fourth-order valence-electron chi connectivity index (χ4n) is 2.63. The molecule has 30 heavy (non-hydrogen) atoms. The normalized spacial score (nSPS) is 11.2. The summed E-state index contributed by atoms with van der Waals surface area (Å²) in [6.07, 6.45) is 0.651. The number of carbonyl (C=O) groups excluding carboxylic acids is 1. The van der Waals surface area contributed by atoms with Crippen molar-refractivity contribution in [1.29, 1.82) is 0 Å². The number of thiazole rings is 1. The van der Waals surface area contributed by atoms with Crippen LogP contribution in [-0.4, -0.2) is 33.0 Å². The van der Waals surface area contributed by atoms with Crippen LogP contribution in [0.1, 0.15) is 20.9 Å². The molecule has 0 aliphatic carbocycles. The fraction of sp³-hybridized carbons (Fsp3) is 0.200. The molecule has 3 rings (SSSR count). The number of halogens is 1. The van der Waals surface area contributed by atoms with E-state index < -0.39 is 10.0 Å². The number of amides is 1. The Kier molecular flexibility index (Phi) is 6.96. The van der Waals surface area contributed by atoms with Gasteiger partial charge >= 0.3 is 0 Å². The highest BCUT2D eigenvalue weighted by molar-refractivity contribution is 7.93. The van der Waals surface area contributed by atoms with Gasteiger partial charge in [-0.3, -0.25) is 9.52 Å². The number of benzene rings is 2. The third-order valence-corrected chi connectivity index (χ3v) is 7.01. The average molecular weight is 466 g/mol. The van der Waals surface area contributed by atoms with Crippen LogP contribution in [0.5, 0.6) is 5.75 Å². The number of nitrogens with one attached hydrogen (secondary N) is 2. The van der Waals surface area contributed by atoms with Crippen molar-refractivity contribution in [2.24, 2.45) is 0 Å². The molecule has 0 aliphatic rings. The molecule has 3 aromatic rings. The molecule has 2 N–H and O–H groups in total. The van der Waals surface area contributed by atoms with E-state index in [0.29, 0.717) is 34.3 Å². The molecule has 0 unspecified atom stereocenters. The topological polar surface area (TPSA) is 97.4 Å². The Morgan fingerprint density at radius 2 is 1.80 bits per heavy atom. The van der Waals surface area contributed by atoms with Gasteiger partial charge in [0.05, 0.1) is 17.7 Å². The van der Waals surface area contributed by atoms with E-state index in [1.54, 1.807) is 31.2 Å². The molecule has 2 aromatic carbocycles. The molecule has 0 spiro atoms. The molecule has 10 heteroatoms. The van der Waals surface area contributed by atoms with Gasteiger partial charge in [-0.05, 0) is 55.3 Å². The van der Waals surface area contributed by atoms with Crippen molar-refractivity contribution < 1.29 is 17.9 Å². The van der Waals surface area contributed by atoms with E-state index in [2.05, 4.69) is 15.0 Å². The van der Waals surface area contributed by atoms with Gasteiger partial charge in [0.15, 0.2) is 5.13 Å². The van der Waals surface area contributed by atoms with Gasteiger partial charge in [-0.25, -0.2) is 13.4 Å². The average Bonchev–Trinajstić information content (AvgIpc) is 3.08. The van der Waals surface area contributed by atoms with Gasteiger partial charge in [-0.15, -0.1) is 0 Å². The summed E-state index contributed by atoms with van der Waals surface area (Å²) in [5, 5.41) is 3.62. The molecule has 1 amide bonds. The molecule has 1 aromatic heterocycles. The lowest BCUT2D eigenvalue weighted by molar-refractivity contribution is 0.0957. The van der Waals surface area contributed by atoms with Crippen LogP contribution in [0.4, 0.5) is 5.13 Å². The second-order valence-corrected chi connectivity index (χ2v) is 9.46. The van der Waals surface area contributed by atoms with Gasteiger partial charge in [0.25, 0.3) is 15.9 Å². The largest absolute Gasteiger partial charge is 0.497 e. The van der Waals surface area contributed by atoms with E-state index in [1.807, 2.05) is 12.1 Å². The number of aromatic nitrogens is 1. The Labute approximate surface area is 184 Å². The summed E-state index contributed by atoms with van der Waals surface area (Å²) in [5.74, 6) is 0.255. The predicted molar refractivity (Wildman–Crippen MR) is 118 cm³/mol. The number of ether oxygens (including phenoxy) is 1. The first-order chi connectivity index (χ1) is 14.3. The molecule has 1 heterocycles. The van der Waals surface area contributed by atoms with Gasteiger partial charge < -0.3 is 10.1 Å². The van der Waals surface area contributed by atoms with Crippen LogP contribution < -0.4 is 14.8 Å². The molecule has 0 bridgehead atoms. The second kappa shape index (κ2) is 9.46. The molecule has 0 atom stereocenters. The monoisotopic (exact) mass is 465 g/mol. The Balaban J connectivity index is 1.63. The molecule has 0 saturated carbocycles. The van der Waals surface area contributed by atoms with Crippen LogP contribution >= 0.6 is 22.9 Å². The number of anilines is 1. The van der Waals surface area contributed by atoms with Crippen LogP contribution in [0, 0.1) is 6.92 Å². The van der Waals surface area contributed by atoms with Crippen molar-refractivity contribution in [3.63, 3.8) is 0 Å². The molecular formula is C20H20ClN3O4S2. The number of methoxy groups -OCH3 is 1. The minimum atomic E-state index is -3.82. The lowest BCUT2D eigenvalue weighted by Gasteiger charge is -2.06. The van der Waals surface area contributed by atoms with Crippen LogP contribution in [-0.2, 0) is 16.4 Å². The minimum absolute atomic E-state index is 0.0742. The highest BCUT2D eigenvalue weighted by atomic mass is 35.5. The van der Waals surface area contributed by atoms with Gasteiger partial charge in [-0.1, -0.05) is 35.1 Å². The fourth-order valence-corrected chi connectivity index (χ4v) is 4.87. The van der Waals surface area contributed by atoms with Crippen LogP contribution in [0.25, 0.3) is 0 Å². The van der Waals surface area contributed by atoms with E-state index in [4.69, 9.17) is 16.3 Å². The quantitative estimate of drug-likeness (QED) is 0.526. The maximum atomic E-state index is 12.5. The zero-order valence-corrected chi connectivity index (χ0v) is 18.7. The Bertz CT molecular complexity index is 1130. The summed E-state index contributed by atoms with van der Waals surface area (Å²) < 4.78 is 32.6. The summed E-state index contributed by atoms with van der Waals surface area (Å²) in [6.45, 7) is 2.10. The first kappa shape index (κ1) is 22.1. The minimum Gasteiger partial charge on any atom is -0.497 e.